The molecule has 2 saturated heterocycles. The molecular weight excluding hydrogens is 348 g/mol. The molecule has 1 aromatic rings. The van der Waals surface area contributed by atoms with Crippen LogP contribution in [0.25, 0.3) is 0 Å². The molecule has 0 aromatic heterocycles. The Morgan fingerprint density at radius 1 is 1.29 bits per heavy atom. The van der Waals surface area contributed by atoms with Crippen molar-refractivity contribution in [2.75, 3.05) is 50.4 Å². The zero-order chi connectivity index (χ0) is 17.2. The highest BCUT2D eigenvalue weighted by Crippen LogP contribution is 2.29. The summed E-state index contributed by atoms with van der Waals surface area (Å²) in [5.41, 5.74) is 2.38. The molecule has 1 atom stereocenters. The van der Waals surface area contributed by atoms with E-state index in [1.54, 1.807) is 0 Å². The van der Waals surface area contributed by atoms with Crippen LogP contribution in [-0.2, 0) is 16.6 Å². The molecule has 0 saturated carbocycles. The minimum absolute atomic E-state index is 0.0253. The number of sulfonamides is 1. The zero-order valence-electron chi connectivity index (χ0n) is 14.0. The van der Waals surface area contributed by atoms with E-state index in [1.165, 1.54) is 11.8 Å². The van der Waals surface area contributed by atoms with Crippen LogP contribution >= 0.6 is 11.6 Å². The SMILES string of the molecule is CS(=O)(=O)N[C@@H]1CCN(c2ccc(Cl)cc2CN2CCNCC2)C1. The first-order valence-corrected chi connectivity index (χ1v) is 10.6. The highest BCUT2D eigenvalue weighted by atomic mass is 35.5. The second-order valence-electron chi connectivity index (χ2n) is 6.62. The molecular formula is C16H25ClN4O2S. The number of hydrogen-bond acceptors (Lipinski definition) is 5. The standard InChI is InChI=1S/C16H25ClN4O2S/c1-24(22,23)19-15-4-7-21(12-15)16-3-2-14(17)10-13(16)11-20-8-5-18-6-9-20/h2-3,10,15,18-19H,4-9,11-12H2,1H3/t15-/m1/s1. The van der Waals surface area contributed by atoms with Gasteiger partial charge >= 0.3 is 0 Å². The third-order valence-electron chi connectivity index (χ3n) is 4.55. The summed E-state index contributed by atoms with van der Waals surface area (Å²) in [5, 5.41) is 4.11. The van der Waals surface area contributed by atoms with E-state index in [0.717, 1.165) is 56.4 Å². The Morgan fingerprint density at radius 2 is 2.04 bits per heavy atom. The van der Waals surface area contributed by atoms with E-state index >= 15 is 0 Å². The molecule has 2 heterocycles. The smallest absolute Gasteiger partial charge is 0.209 e. The molecule has 24 heavy (non-hydrogen) atoms. The van der Waals surface area contributed by atoms with Gasteiger partial charge in [-0.3, -0.25) is 4.90 Å². The summed E-state index contributed by atoms with van der Waals surface area (Å²) >= 11 is 6.22. The van der Waals surface area contributed by atoms with Gasteiger partial charge in [-0.2, -0.15) is 0 Å². The topological polar surface area (TPSA) is 64.7 Å². The van der Waals surface area contributed by atoms with Crippen molar-refractivity contribution in [2.24, 2.45) is 0 Å². The van der Waals surface area contributed by atoms with Gasteiger partial charge < -0.3 is 10.2 Å². The Balaban J connectivity index is 1.73. The number of rotatable bonds is 5. The van der Waals surface area contributed by atoms with E-state index < -0.39 is 10.0 Å². The molecule has 8 heteroatoms. The van der Waals surface area contributed by atoms with Crippen molar-refractivity contribution in [3.05, 3.63) is 28.8 Å². The van der Waals surface area contributed by atoms with Crippen molar-refractivity contribution in [2.45, 2.75) is 19.0 Å². The average molecular weight is 373 g/mol. The molecule has 0 aliphatic carbocycles. The second-order valence-corrected chi connectivity index (χ2v) is 8.84. The molecule has 2 aliphatic rings. The Morgan fingerprint density at radius 3 is 2.75 bits per heavy atom. The van der Waals surface area contributed by atoms with Gasteiger partial charge in [0.05, 0.1) is 6.26 Å². The highest BCUT2D eigenvalue weighted by molar-refractivity contribution is 7.88. The molecule has 0 unspecified atom stereocenters. The molecule has 2 aliphatic heterocycles. The lowest BCUT2D eigenvalue weighted by molar-refractivity contribution is 0.233. The fourth-order valence-electron chi connectivity index (χ4n) is 3.48. The summed E-state index contributed by atoms with van der Waals surface area (Å²) in [6.45, 7) is 6.51. The van der Waals surface area contributed by atoms with Gasteiger partial charge in [0, 0.05) is 62.6 Å². The third-order valence-corrected chi connectivity index (χ3v) is 5.55. The minimum atomic E-state index is -3.17. The first kappa shape index (κ1) is 17.9. The van der Waals surface area contributed by atoms with Crippen LogP contribution in [0.3, 0.4) is 0 Å². The third kappa shape index (κ3) is 4.83. The number of hydrogen-bond donors (Lipinski definition) is 2. The maximum Gasteiger partial charge on any atom is 0.209 e. The number of anilines is 1. The molecule has 0 radical (unpaired) electrons. The van der Waals surface area contributed by atoms with E-state index in [-0.39, 0.29) is 6.04 Å². The van der Waals surface area contributed by atoms with Crippen LogP contribution < -0.4 is 14.9 Å². The lowest BCUT2D eigenvalue weighted by Crippen LogP contribution is -2.43. The number of nitrogens with zero attached hydrogens (tertiary/aromatic N) is 2. The normalized spacial score (nSPS) is 22.9. The predicted octanol–water partition coefficient (Wildman–Crippen LogP) is 0.873. The fourth-order valence-corrected chi connectivity index (χ4v) is 4.47. The summed E-state index contributed by atoms with van der Waals surface area (Å²) in [6, 6.07) is 5.98. The Kier molecular flexibility index (Phi) is 5.66. The Labute approximate surface area is 149 Å². The molecule has 0 spiro atoms. The largest absolute Gasteiger partial charge is 0.370 e. The fraction of sp³-hybridized carbons (Fsp3) is 0.625. The summed E-state index contributed by atoms with van der Waals surface area (Å²) in [7, 11) is -3.17. The summed E-state index contributed by atoms with van der Waals surface area (Å²) < 4.78 is 25.6. The van der Waals surface area contributed by atoms with E-state index in [2.05, 4.69) is 25.9 Å². The van der Waals surface area contributed by atoms with Gasteiger partial charge in [0.25, 0.3) is 0 Å². The van der Waals surface area contributed by atoms with Gasteiger partial charge in [0.15, 0.2) is 0 Å². The molecule has 1 aromatic carbocycles. The van der Waals surface area contributed by atoms with Gasteiger partial charge in [-0.1, -0.05) is 11.6 Å². The van der Waals surface area contributed by atoms with E-state index in [4.69, 9.17) is 11.6 Å². The first-order chi connectivity index (χ1) is 11.4. The van der Waals surface area contributed by atoms with E-state index in [9.17, 15) is 8.42 Å². The van der Waals surface area contributed by atoms with Crippen molar-refractivity contribution in [3.8, 4) is 0 Å². The van der Waals surface area contributed by atoms with Crippen molar-refractivity contribution < 1.29 is 8.42 Å². The molecule has 0 bridgehead atoms. The molecule has 6 nitrogen and oxygen atoms in total. The number of nitrogens with one attached hydrogen (secondary N) is 2. The molecule has 2 N–H and O–H groups in total. The minimum Gasteiger partial charge on any atom is -0.370 e. The quantitative estimate of drug-likeness (QED) is 0.803. The number of halogens is 1. The Bertz CT molecular complexity index is 677. The average Bonchev–Trinajstić information content (AvgIpc) is 2.94. The lowest BCUT2D eigenvalue weighted by atomic mass is 10.1. The summed E-state index contributed by atoms with van der Waals surface area (Å²) in [4.78, 5) is 4.69. The molecule has 2 fully saturated rings. The van der Waals surface area contributed by atoms with Crippen molar-refractivity contribution in [1.29, 1.82) is 0 Å². The van der Waals surface area contributed by atoms with Crippen molar-refractivity contribution in [1.82, 2.24) is 14.9 Å². The number of benzene rings is 1. The van der Waals surface area contributed by atoms with Crippen molar-refractivity contribution >= 4 is 27.3 Å². The summed E-state index contributed by atoms with van der Waals surface area (Å²) in [6.07, 6.45) is 2.04. The monoisotopic (exact) mass is 372 g/mol. The zero-order valence-corrected chi connectivity index (χ0v) is 15.5. The van der Waals surface area contributed by atoms with Gasteiger partial charge in [0.2, 0.25) is 10.0 Å². The van der Waals surface area contributed by atoms with Gasteiger partial charge in [-0.15, -0.1) is 0 Å². The second kappa shape index (κ2) is 7.58. The van der Waals surface area contributed by atoms with Gasteiger partial charge in [-0.25, -0.2) is 13.1 Å². The van der Waals surface area contributed by atoms with Crippen molar-refractivity contribution in [3.63, 3.8) is 0 Å². The lowest BCUT2D eigenvalue weighted by Gasteiger charge is -2.30. The number of piperazine rings is 1. The van der Waals surface area contributed by atoms with Crippen LogP contribution in [0, 0.1) is 0 Å². The summed E-state index contributed by atoms with van der Waals surface area (Å²) in [5.74, 6) is 0. The van der Waals surface area contributed by atoms with Gasteiger partial charge in [-0.05, 0) is 30.2 Å². The van der Waals surface area contributed by atoms with Crippen LogP contribution in [0.15, 0.2) is 18.2 Å². The highest BCUT2D eigenvalue weighted by Gasteiger charge is 2.26. The first-order valence-electron chi connectivity index (χ1n) is 8.34. The molecule has 3 rings (SSSR count). The van der Waals surface area contributed by atoms with E-state index in [0.29, 0.717) is 6.54 Å². The van der Waals surface area contributed by atoms with Crippen LogP contribution in [0.1, 0.15) is 12.0 Å². The maximum atomic E-state index is 11.4. The Hall–Kier alpha value is -0.860. The van der Waals surface area contributed by atoms with Crippen LogP contribution in [0.4, 0.5) is 5.69 Å². The van der Waals surface area contributed by atoms with Gasteiger partial charge in [0.1, 0.15) is 0 Å². The van der Waals surface area contributed by atoms with E-state index in [1.807, 2.05) is 12.1 Å². The van der Waals surface area contributed by atoms with Crippen LogP contribution in [-0.4, -0.2) is 64.9 Å². The van der Waals surface area contributed by atoms with Crippen LogP contribution in [0.2, 0.25) is 5.02 Å². The van der Waals surface area contributed by atoms with Crippen LogP contribution in [0.5, 0.6) is 0 Å². The molecule has 0 amide bonds. The predicted molar refractivity (Wildman–Crippen MR) is 98.2 cm³/mol. The molecule has 134 valence electrons. The maximum absolute atomic E-state index is 11.4.